The van der Waals surface area contributed by atoms with E-state index in [9.17, 15) is 9.90 Å². The second-order valence-electron chi connectivity index (χ2n) is 5.54. The largest absolute Gasteiger partial charge is 0.480 e. The van der Waals surface area contributed by atoms with Crippen molar-refractivity contribution in [2.75, 3.05) is 40.9 Å². The molecular weight excluding hydrogens is 248 g/mol. The van der Waals surface area contributed by atoms with Gasteiger partial charge < -0.3 is 19.9 Å². The maximum atomic E-state index is 11.7. The van der Waals surface area contributed by atoms with Crippen LogP contribution in [0.4, 0.5) is 0 Å². The first kappa shape index (κ1) is 14.7. The minimum atomic E-state index is -0.832. The molecule has 1 saturated heterocycles. The Labute approximate surface area is 114 Å². The van der Waals surface area contributed by atoms with Crippen LogP contribution in [0.15, 0.2) is 0 Å². The number of rotatable bonds is 7. The lowest BCUT2D eigenvalue weighted by molar-refractivity contribution is -0.146. The van der Waals surface area contributed by atoms with Crippen molar-refractivity contribution in [1.82, 2.24) is 10.2 Å². The molecule has 110 valence electrons. The molecule has 1 aliphatic heterocycles. The first-order chi connectivity index (χ1) is 9.07. The van der Waals surface area contributed by atoms with E-state index in [1.807, 2.05) is 0 Å². The zero-order valence-electron chi connectivity index (χ0n) is 11.9. The van der Waals surface area contributed by atoms with Gasteiger partial charge in [-0.1, -0.05) is 0 Å². The third kappa shape index (κ3) is 2.76. The number of nitrogens with one attached hydrogen (secondary N) is 1. The Bertz CT molecular complexity index is 323. The van der Waals surface area contributed by atoms with Gasteiger partial charge in [0.2, 0.25) is 0 Å². The summed E-state index contributed by atoms with van der Waals surface area (Å²) in [5.74, 6) is -0.523. The molecule has 1 heterocycles. The lowest BCUT2D eigenvalue weighted by Gasteiger charge is -2.33. The molecule has 0 amide bonds. The summed E-state index contributed by atoms with van der Waals surface area (Å²) in [6.45, 7) is 1.94. The van der Waals surface area contributed by atoms with Gasteiger partial charge in [0, 0.05) is 33.9 Å². The van der Waals surface area contributed by atoms with Crippen LogP contribution in [0.1, 0.15) is 12.8 Å². The predicted octanol–water partition coefficient (Wildman–Crippen LogP) is -0.215. The minimum Gasteiger partial charge on any atom is -0.480 e. The maximum absolute atomic E-state index is 11.7. The maximum Gasteiger partial charge on any atom is 0.325 e. The summed E-state index contributed by atoms with van der Waals surface area (Å²) in [5, 5.41) is 12.6. The number of ether oxygens (including phenoxy) is 2. The fourth-order valence-corrected chi connectivity index (χ4v) is 3.09. The molecule has 1 aliphatic carbocycles. The first-order valence-corrected chi connectivity index (χ1v) is 6.77. The van der Waals surface area contributed by atoms with E-state index in [0.717, 1.165) is 25.9 Å². The van der Waals surface area contributed by atoms with Crippen molar-refractivity contribution in [3.63, 3.8) is 0 Å². The SMILES string of the molecule is CNC(CN1CC(OC)C(OC)C1)(C(=O)O)C1CC1. The van der Waals surface area contributed by atoms with Gasteiger partial charge in [0.05, 0.1) is 12.2 Å². The molecule has 6 nitrogen and oxygen atoms in total. The van der Waals surface area contributed by atoms with Crippen molar-refractivity contribution in [3.05, 3.63) is 0 Å². The molecule has 3 atom stereocenters. The highest BCUT2D eigenvalue weighted by Gasteiger charge is 2.52. The van der Waals surface area contributed by atoms with Crippen molar-refractivity contribution < 1.29 is 19.4 Å². The first-order valence-electron chi connectivity index (χ1n) is 6.77. The van der Waals surface area contributed by atoms with Gasteiger partial charge in [0.1, 0.15) is 5.54 Å². The molecule has 3 unspecified atom stereocenters. The summed E-state index contributed by atoms with van der Waals surface area (Å²) in [5.41, 5.74) is -0.832. The molecule has 0 bridgehead atoms. The second-order valence-corrected chi connectivity index (χ2v) is 5.54. The molecule has 0 spiro atoms. The number of nitrogens with zero attached hydrogens (tertiary/aromatic N) is 1. The van der Waals surface area contributed by atoms with Crippen LogP contribution in [0.3, 0.4) is 0 Å². The Morgan fingerprint density at radius 1 is 1.32 bits per heavy atom. The Balaban J connectivity index is 2.04. The van der Waals surface area contributed by atoms with Gasteiger partial charge in [-0.25, -0.2) is 0 Å². The van der Waals surface area contributed by atoms with Gasteiger partial charge in [0.15, 0.2) is 0 Å². The highest BCUT2D eigenvalue weighted by molar-refractivity contribution is 5.80. The molecule has 2 fully saturated rings. The second kappa shape index (κ2) is 5.75. The predicted molar refractivity (Wildman–Crippen MR) is 70.2 cm³/mol. The van der Waals surface area contributed by atoms with E-state index in [1.54, 1.807) is 21.3 Å². The number of likely N-dealkylation sites (N-methyl/N-ethyl adjacent to an activating group) is 1. The molecule has 2 aliphatic rings. The van der Waals surface area contributed by atoms with Crippen LogP contribution in [0, 0.1) is 5.92 Å². The molecular formula is C13H24N2O4. The third-order valence-corrected chi connectivity index (χ3v) is 4.47. The topological polar surface area (TPSA) is 71.0 Å². The summed E-state index contributed by atoms with van der Waals surface area (Å²) < 4.78 is 10.8. The number of carbonyl (C=O) groups is 1. The summed E-state index contributed by atoms with van der Waals surface area (Å²) in [6.07, 6.45) is 2.02. The number of carboxylic acid groups (broad SMARTS) is 1. The minimum absolute atomic E-state index is 0.0209. The molecule has 2 N–H and O–H groups in total. The fraction of sp³-hybridized carbons (Fsp3) is 0.923. The highest BCUT2D eigenvalue weighted by atomic mass is 16.5. The van der Waals surface area contributed by atoms with E-state index in [-0.39, 0.29) is 18.1 Å². The fourth-order valence-electron chi connectivity index (χ4n) is 3.09. The van der Waals surface area contributed by atoms with Crippen molar-refractivity contribution in [3.8, 4) is 0 Å². The highest BCUT2D eigenvalue weighted by Crippen LogP contribution is 2.40. The number of carboxylic acids is 1. The van der Waals surface area contributed by atoms with Gasteiger partial charge in [-0.2, -0.15) is 0 Å². The summed E-state index contributed by atoms with van der Waals surface area (Å²) in [4.78, 5) is 13.8. The average Bonchev–Trinajstić information content (AvgIpc) is 3.17. The van der Waals surface area contributed by atoms with Crippen LogP contribution in [0.5, 0.6) is 0 Å². The lowest BCUT2D eigenvalue weighted by Crippen LogP contribution is -2.59. The quantitative estimate of drug-likeness (QED) is 0.668. The number of likely N-dealkylation sites (tertiary alicyclic amines) is 1. The van der Waals surface area contributed by atoms with Crippen LogP contribution in [-0.2, 0) is 14.3 Å². The van der Waals surface area contributed by atoms with E-state index in [4.69, 9.17) is 9.47 Å². The van der Waals surface area contributed by atoms with Gasteiger partial charge in [-0.3, -0.25) is 9.69 Å². The van der Waals surface area contributed by atoms with Gasteiger partial charge in [0.25, 0.3) is 0 Å². The molecule has 2 rings (SSSR count). The van der Waals surface area contributed by atoms with Crippen molar-refractivity contribution >= 4 is 5.97 Å². The molecule has 0 aromatic heterocycles. The van der Waals surface area contributed by atoms with Crippen LogP contribution < -0.4 is 5.32 Å². The molecule has 0 radical (unpaired) electrons. The molecule has 0 aromatic rings. The Hall–Kier alpha value is -0.690. The van der Waals surface area contributed by atoms with Crippen molar-refractivity contribution in [2.45, 2.75) is 30.6 Å². The number of hydrogen-bond donors (Lipinski definition) is 2. The van der Waals surface area contributed by atoms with E-state index < -0.39 is 11.5 Å². The van der Waals surface area contributed by atoms with Crippen LogP contribution in [0.2, 0.25) is 0 Å². The van der Waals surface area contributed by atoms with E-state index in [2.05, 4.69) is 10.2 Å². The van der Waals surface area contributed by atoms with Crippen LogP contribution in [-0.4, -0.2) is 74.6 Å². The Morgan fingerprint density at radius 3 is 2.16 bits per heavy atom. The van der Waals surface area contributed by atoms with Crippen LogP contribution >= 0.6 is 0 Å². The zero-order valence-corrected chi connectivity index (χ0v) is 11.9. The monoisotopic (exact) mass is 272 g/mol. The van der Waals surface area contributed by atoms with E-state index in [0.29, 0.717) is 6.54 Å². The summed E-state index contributed by atoms with van der Waals surface area (Å²) in [7, 11) is 5.08. The van der Waals surface area contributed by atoms with Gasteiger partial charge >= 0.3 is 5.97 Å². The van der Waals surface area contributed by atoms with E-state index >= 15 is 0 Å². The third-order valence-electron chi connectivity index (χ3n) is 4.47. The molecule has 19 heavy (non-hydrogen) atoms. The molecule has 1 saturated carbocycles. The van der Waals surface area contributed by atoms with Gasteiger partial charge in [-0.05, 0) is 25.8 Å². The standard InChI is InChI=1S/C13H24N2O4/c1-14-13(12(16)17,9-4-5-9)8-15-6-10(18-2)11(7-15)19-3/h9-11,14H,4-8H2,1-3H3,(H,16,17). The lowest BCUT2D eigenvalue weighted by atomic mass is 9.92. The van der Waals surface area contributed by atoms with Crippen LogP contribution in [0.25, 0.3) is 0 Å². The summed E-state index contributed by atoms with van der Waals surface area (Å²) in [6, 6.07) is 0. The zero-order chi connectivity index (χ0) is 14.0. The normalized spacial score (nSPS) is 31.3. The number of hydrogen-bond acceptors (Lipinski definition) is 5. The van der Waals surface area contributed by atoms with Crippen molar-refractivity contribution in [1.29, 1.82) is 0 Å². The average molecular weight is 272 g/mol. The Kier molecular flexibility index (Phi) is 4.45. The molecule has 6 heteroatoms. The summed E-state index contributed by atoms with van der Waals surface area (Å²) >= 11 is 0. The smallest absolute Gasteiger partial charge is 0.325 e. The molecule has 0 aromatic carbocycles. The van der Waals surface area contributed by atoms with E-state index in [1.165, 1.54) is 0 Å². The Morgan fingerprint density at radius 2 is 1.84 bits per heavy atom. The van der Waals surface area contributed by atoms with Crippen molar-refractivity contribution in [2.24, 2.45) is 5.92 Å². The number of methoxy groups -OCH3 is 2. The number of aliphatic carboxylic acids is 1. The van der Waals surface area contributed by atoms with Gasteiger partial charge in [-0.15, -0.1) is 0 Å².